The molecule has 0 saturated carbocycles. The van der Waals surface area contributed by atoms with Crippen molar-refractivity contribution in [1.29, 1.82) is 0 Å². The zero-order valence-corrected chi connectivity index (χ0v) is 12.0. The van der Waals surface area contributed by atoms with Crippen LogP contribution in [0.1, 0.15) is 41.4 Å². The number of furan rings is 1. The van der Waals surface area contributed by atoms with E-state index >= 15 is 0 Å². The van der Waals surface area contributed by atoms with E-state index in [0.29, 0.717) is 0 Å². The highest BCUT2D eigenvalue weighted by Gasteiger charge is 2.21. The second-order valence-corrected chi connectivity index (χ2v) is 4.81. The number of imidazole rings is 1. The Morgan fingerprint density at radius 1 is 1.37 bits per heavy atom. The Morgan fingerprint density at radius 2 is 2.11 bits per heavy atom. The maximum atomic E-state index is 5.73. The molecule has 0 radical (unpaired) electrons. The molecule has 0 saturated heterocycles. The first-order valence-electron chi connectivity index (χ1n) is 6.61. The number of nitrogens with two attached hydrogens (primary N) is 1. The van der Waals surface area contributed by atoms with E-state index in [1.807, 2.05) is 26.2 Å². The van der Waals surface area contributed by atoms with Crippen LogP contribution in [0.2, 0.25) is 0 Å². The van der Waals surface area contributed by atoms with Crippen LogP contribution in [-0.2, 0) is 13.0 Å². The van der Waals surface area contributed by atoms with Crippen LogP contribution in [0.3, 0.4) is 0 Å². The number of rotatable bonds is 5. The molecule has 104 valence electrons. The van der Waals surface area contributed by atoms with Crippen molar-refractivity contribution in [2.75, 3.05) is 0 Å². The fraction of sp³-hybridized carbons (Fsp3) is 0.500. The predicted molar refractivity (Wildman–Crippen MR) is 74.6 cm³/mol. The van der Waals surface area contributed by atoms with Crippen molar-refractivity contribution in [3.8, 4) is 0 Å². The van der Waals surface area contributed by atoms with E-state index in [2.05, 4.69) is 28.8 Å². The maximum absolute atomic E-state index is 5.73. The fourth-order valence-electron chi connectivity index (χ4n) is 2.57. The van der Waals surface area contributed by atoms with Gasteiger partial charge in [-0.05, 0) is 33.3 Å². The summed E-state index contributed by atoms with van der Waals surface area (Å²) in [6.45, 7) is 9.04. The summed E-state index contributed by atoms with van der Waals surface area (Å²) in [5, 5.41) is 0. The standard InChI is InChI=1S/C14H22N4O/c1-5-18-7-6-16-13(18)8-12(17-15)14-9(2)10(3)19-11(14)4/h6-7,12,17H,5,8,15H2,1-4H3. The van der Waals surface area contributed by atoms with Gasteiger partial charge in [-0.3, -0.25) is 11.3 Å². The average molecular weight is 262 g/mol. The third-order valence-corrected chi connectivity index (χ3v) is 3.70. The molecule has 1 unspecified atom stereocenters. The molecule has 19 heavy (non-hydrogen) atoms. The second-order valence-electron chi connectivity index (χ2n) is 4.81. The lowest BCUT2D eigenvalue weighted by Gasteiger charge is -2.17. The van der Waals surface area contributed by atoms with E-state index in [0.717, 1.165) is 41.4 Å². The molecule has 0 aliphatic rings. The summed E-state index contributed by atoms with van der Waals surface area (Å²) >= 11 is 0. The molecule has 5 nitrogen and oxygen atoms in total. The minimum absolute atomic E-state index is 0.0187. The number of nitrogens with zero attached hydrogens (tertiary/aromatic N) is 2. The summed E-state index contributed by atoms with van der Waals surface area (Å²) in [6.07, 6.45) is 4.56. The number of aromatic nitrogens is 2. The number of hydrazine groups is 1. The number of nitrogens with one attached hydrogen (secondary N) is 1. The SMILES string of the molecule is CCn1ccnc1CC(NN)c1c(C)oc(C)c1C. The van der Waals surface area contributed by atoms with Crippen LogP contribution in [0.15, 0.2) is 16.8 Å². The lowest BCUT2D eigenvalue weighted by Crippen LogP contribution is -2.31. The van der Waals surface area contributed by atoms with Gasteiger partial charge in [0.05, 0.1) is 6.04 Å². The molecule has 3 N–H and O–H groups in total. The van der Waals surface area contributed by atoms with Crippen molar-refractivity contribution in [1.82, 2.24) is 15.0 Å². The molecular formula is C14H22N4O. The molecule has 0 amide bonds. The molecule has 2 rings (SSSR count). The van der Waals surface area contributed by atoms with Gasteiger partial charge < -0.3 is 8.98 Å². The van der Waals surface area contributed by atoms with Gasteiger partial charge in [0.15, 0.2) is 0 Å². The normalized spacial score (nSPS) is 12.9. The molecule has 0 bridgehead atoms. The van der Waals surface area contributed by atoms with E-state index in [1.165, 1.54) is 0 Å². The summed E-state index contributed by atoms with van der Waals surface area (Å²) in [5.74, 6) is 8.64. The fourth-order valence-corrected chi connectivity index (χ4v) is 2.57. The van der Waals surface area contributed by atoms with Crippen molar-refractivity contribution in [3.05, 3.63) is 40.9 Å². The van der Waals surface area contributed by atoms with Crippen molar-refractivity contribution >= 4 is 0 Å². The molecular weight excluding hydrogens is 240 g/mol. The minimum atomic E-state index is 0.0187. The molecule has 2 aromatic heterocycles. The van der Waals surface area contributed by atoms with Crippen LogP contribution in [0.25, 0.3) is 0 Å². The Hall–Kier alpha value is -1.59. The Balaban J connectivity index is 2.30. The van der Waals surface area contributed by atoms with E-state index in [1.54, 1.807) is 0 Å². The lowest BCUT2D eigenvalue weighted by molar-refractivity contribution is 0.478. The van der Waals surface area contributed by atoms with Crippen molar-refractivity contribution in [2.24, 2.45) is 5.84 Å². The second kappa shape index (κ2) is 5.59. The zero-order chi connectivity index (χ0) is 14.0. The van der Waals surface area contributed by atoms with Gasteiger partial charge in [0.2, 0.25) is 0 Å². The number of hydrogen-bond donors (Lipinski definition) is 2. The van der Waals surface area contributed by atoms with Crippen LogP contribution in [0.4, 0.5) is 0 Å². The molecule has 2 aromatic rings. The summed E-state index contributed by atoms with van der Waals surface area (Å²) in [5.41, 5.74) is 5.20. The molecule has 1 atom stereocenters. The average Bonchev–Trinajstić information content (AvgIpc) is 2.93. The maximum Gasteiger partial charge on any atom is 0.110 e. The predicted octanol–water partition coefficient (Wildman–Crippen LogP) is 2.17. The lowest BCUT2D eigenvalue weighted by atomic mass is 9.99. The Morgan fingerprint density at radius 3 is 2.63 bits per heavy atom. The Labute approximate surface area is 113 Å². The Bertz CT molecular complexity index is 556. The van der Waals surface area contributed by atoms with Crippen molar-refractivity contribution in [3.63, 3.8) is 0 Å². The monoisotopic (exact) mass is 262 g/mol. The number of hydrogen-bond acceptors (Lipinski definition) is 4. The van der Waals surface area contributed by atoms with Crippen LogP contribution < -0.4 is 11.3 Å². The number of aryl methyl sites for hydroxylation is 3. The van der Waals surface area contributed by atoms with Gasteiger partial charge in [-0.2, -0.15) is 0 Å². The van der Waals surface area contributed by atoms with Gasteiger partial charge >= 0.3 is 0 Å². The molecule has 0 aromatic carbocycles. The van der Waals surface area contributed by atoms with Crippen molar-refractivity contribution in [2.45, 2.75) is 46.7 Å². The van der Waals surface area contributed by atoms with Crippen LogP contribution >= 0.6 is 0 Å². The molecule has 0 fully saturated rings. The van der Waals surface area contributed by atoms with Gasteiger partial charge in [0, 0.05) is 30.9 Å². The van der Waals surface area contributed by atoms with Gasteiger partial charge in [-0.15, -0.1) is 0 Å². The van der Waals surface area contributed by atoms with Crippen LogP contribution in [0.5, 0.6) is 0 Å². The first-order chi connectivity index (χ1) is 9.08. The van der Waals surface area contributed by atoms with E-state index < -0.39 is 0 Å². The van der Waals surface area contributed by atoms with Gasteiger partial charge in [-0.1, -0.05) is 0 Å². The first kappa shape index (κ1) is 13.8. The summed E-state index contributed by atoms with van der Waals surface area (Å²) < 4.78 is 7.81. The molecule has 0 spiro atoms. The Kier molecular flexibility index (Phi) is 4.07. The summed E-state index contributed by atoms with van der Waals surface area (Å²) in [7, 11) is 0. The summed E-state index contributed by atoms with van der Waals surface area (Å²) in [6, 6.07) is 0.0187. The highest BCUT2D eigenvalue weighted by molar-refractivity contribution is 5.34. The highest BCUT2D eigenvalue weighted by atomic mass is 16.3. The third kappa shape index (κ3) is 2.57. The molecule has 2 heterocycles. The summed E-state index contributed by atoms with van der Waals surface area (Å²) in [4.78, 5) is 4.40. The van der Waals surface area contributed by atoms with Gasteiger partial charge in [0.25, 0.3) is 0 Å². The highest BCUT2D eigenvalue weighted by Crippen LogP contribution is 2.28. The largest absolute Gasteiger partial charge is 0.466 e. The van der Waals surface area contributed by atoms with Gasteiger partial charge in [-0.25, -0.2) is 4.98 Å². The molecule has 0 aliphatic heterocycles. The minimum Gasteiger partial charge on any atom is -0.466 e. The van der Waals surface area contributed by atoms with Crippen LogP contribution in [-0.4, -0.2) is 9.55 Å². The molecule has 0 aliphatic carbocycles. The zero-order valence-electron chi connectivity index (χ0n) is 12.0. The van der Waals surface area contributed by atoms with Gasteiger partial charge in [0.1, 0.15) is 17.3 Å². The van der Waals surface area contributed by atoms with Crippen molar-refractivity contribution < 1.29 is 4.42 Å². The van der Waals surface area contributed by atoms with E-state index in [4.69, 9.17) is 10.3 Å². The van der Waals surface area contributed by atoms with Crippen LogP contribution in [0, 0.1) is 20.8 Å². The smallest absolute Gasteiger partial charge is 0.110 e. The first-order valence-corrected chi connectivity index (χ1v) is 6.61. The quantitative estimate of drug-likeness (QED) is 0.640. The topological polar surface area (TPSA) is 69.0 Å². The third-order valence-electron chi connectivity index (χ3n) is 3.70. The van der Waals surface area contributed by atoms with E-state index in [9.17, 15) is 0 Å². The van der Waals surface area contributed by atoms with E-state index in [-0.39, 0.29) is 6.04 Å². The molecule has 5 heteroatoms.